The van der Waals surface area contributed by atoms with Crippen LogP contribution in [0.25, 0.3) is 0 Å². The summed E-state index contributed by atoms with van der Waals surface area (Å²) in [4.78, 5) is 0. The topological polar surface area (TPSA) is 64.7 Å². The summed E-state index contributed by atoms with van der Waals surface area (Å²) in [5.41, 5.74) is 6.27. The smallest absolute Gasteiger partial charge is 0.178 e. The average Bonchev–Trinajstić information content (AvgIpc) is 2.22. The SMILES string of the molecule is COc1cc(CC(C)(C)N)c(O)c(Br)c1OC. The Bertz CT molecular complexity index is 413. The van der Waals surface area contributed by atoms with Gasteiger partial charge in [0.1, 0.15) is 10.2 Å². The van der Waals surface area contributed by atoms with E-state index in [1.807, 2.05) is 13.8 Å². The van der Waals surface area contributed by atoms with E-state index < -0.39 is 5.54 Å². The number of nitrogens with two attached hydrogens (primary N) is 1. The monoisotopic (exact) mass is 303 g/mol. The maximum atomic E-state index is 10.1. The molecular formula is C12H18BrNO3. The molecule has 0 heterocycles. The van der Waals surface area contributed by atoms with Crippen molar-refractivity contribution in [2.45, 2.75) is 25.8 Å². The third-order valence-corrected chi connectivity index (χ3v) is 3.05. The number of aromatic hydroxyl groups is 1. The molecule has 0 fully saturated rings. The number of phenolic OH excluding ortho intramolecular Hbond substituents is 1. The highest BCUT2D eigenvalue weighted by molar-refractivity contribution is 9.10. The number of methoxy groups -OCH3 is 2. The molecule has 17 heavy (non-hydrogen) atoms. The Morgan fingerprint density at radius 1 is 1.35 bits per heavy atom. The molecule has 0 aliphatic carbocycles. The van der Waals surface area contributed by atoms with Crippen LogP contribution in [-0.2, 0) is 6.42 Å². The van der Waals surface area contributed by atoms with Crippen LogP contribution in [0.15, 0.2) is 10.5 Å². The fourth-order valence-electron chi connectivity index (χ4n) is 1.62. The molecule has 4 nitrogen and oxygen atoms in total. The van der Waals surface area contributed by atoms with Crippen LogP contribution >= 0.6 is 15.9 Å². The minimum atomic E-state index is -0.406. The van der Waals surface area contributed by atoms with Gasteiger partial charge in [0.05, 0.1) is 14.2 Å². The number of halogens is 1. The molecule has 0 saturated heterocycles. The molecule has 1 aromatic rings. The summed E-state index contributed by atoms with van der Waals surface area (Å²) in [6.45, 7) is 3.80. The molecule has 0 aliphatic rings. The maximum Gasteiger partial charge on any atom is 0.178 e. The molecule has 3 N–H and O–H groups in total. The second-order valence-electron chi connectivity index (χ2n) is 4.60. The third kappa shape index (κ3) is 3.26. The molecule has 0 aliphatic heterocycles. The van der Waals surface area contributed by atoms with Crippen LogP contribution < -0.4 is 15.2 Å². The summed E-state index contributed by atoms with van der Waals surface area (Å²) in [5.74, 6) is 1.18. The Hall–Kier alpha value is -0.940. The highest BCUT2D eigenvalue weighted by Gasteiger charge is 2.21. The molecule has 0 bridgehead atoms. The van der Waals surface area contributed by atoms with Crippen LogP contribution in [-0.4, -0.2) is 24.9 Å². The number of hydrogen-bond acceptors (Lipinski definition) is 4. The fourth-order valence-corrected chi connectivity index (χ4v) is 2.23. The molecule has 0 radical (unpaired) electrons. The molecule has 5 heteroatoms. The van der Waals surface area contributed by atoms with Gasteiger partial charge in [-0.3, -0.25) is 0 Å². The van der Waals surface area contributed by atoms with Crippen molar-refractivity contribution in [1.29, 1.82) is 0 Å². The van der Waals surface area contributed by atoms with Crippen molar-refractivity contribution in [1.82, 2.24) is 0 Å². The van der Waals surface area contributed by atoms with E-state index in [4.69, 9.17) is 15.2 Å². The Morgan fingerprint density at radius 3 is 2.35 bits per heavy atom. The summed E-state index contributed by atoms with van der Waals surface area (Å²) in [6.07, 6.45) is 0.539. The summed E-state index contributed by atoms with van der Waals surface area (Å²) < 4.78 is 10.9. The summed E-state index contributed by atoms with van der Waals surface area (Å²) in [7, 11) is 3.08. The minimum absolute atomic E-state index is 0.140. The highest BCUT2D eigenvalue weighted by atomic mass is 79.9. The first-order valence-electron chi connectivity index (χ1n) is 5.21. The van der Waals surface area contributed by atoms with Crippen LogP contribution in [0.2, 0.25) is 0 Å². The summed E-state index contributed by atoms with van der Waals surface area (Å²) in [6, 6.07) is 1.74. The van der Waals surface area contributed by atoms with Gasteiger partial charge >= 0.3 is 0 Å². The van der Waals surface area contributed by atoms with Crippen LogP contribution in [0.3, 0.4) is 0 Å². The van der Waals surface area contributed by atoms with Gasteiger partial charge in [-0.15, -0.1) is 0 Å². The van der Waals surface area contributed by atoms with Crippen molar-refractivity contribution >= 4 is 15.9 Å². The number of benzene rings is 1. The lowest BCUT2D eigenvalue weighted by molar-refractivity contribution is 0.346. The second-order valence-corrected chi connectivity index (χ2v) is 5.39. The van der Waals surface area contributed by atoms with Crippen molar-refractivity contribution in [3.8, 4) is 17.2 Å². The van der Waals surface area contributed by atoms with Gasteiger partial charge < -0.3 is 20.3 Å². The maximum absolute atomic E-state index is 10.1. The summed E-state index contributed by atoms with van der Waals surface area (Å²) in [5, 5.41) is 10.1. The molecule has 0 amide bonds. The zero-order valence-electron chi connectivity index (χ0n) is 10.5. The van der Waals surface area contributed by atoms with Gasteiger partial charge in [-0.05, 0) is 42.3 Å². The van der Waals surface area contributed by atoms with Crippen molar-refractivity contribution in [2.75, 3.05) is 14.2 Å². The fraction of sp³-hybridized carbons (Fsp3) is 0.500. The quantitative estimate of drug-likeness (QED) is 0.897. The number of ether oxygens (including phenoxy) is 2. The normalized spacial score (nSPS) is 11.4. The van der Waals surface area contributed by atoms with Gasteiger partial charge in [0, 0.05) is 11.1 Å². The first kappa shape index (κ1) is 14.1. The van der Waals surface area contributed by atoms with E-state index in [1.165, 1.54) is 7.11 Å². The van der Waals surface area contributed by atoms with Gasteiger partial charge in [-0.2, -0.15) is 0 Å². The Labute approximate surface area is 110 Å². The first-order chi connectivity index (χ1) is 7.80. The number of rotatable bonds is 4. The predicted molar refractivity (Wildman–Crippen MR) is 70.9 cm³/mol. The van der Waals surface area contributed by atoms with E-state index in [2.05, 4.69) is 15.9 Å². The van der Waals surface area contributed by atoms with E-state index in [9.17, 15) is 5.11 Å². The summed E-state index contributed by atoms with van der Waals surface area (Å²) >= 11 is 3.29. The van der Waals surface area contributed by atoms with Crippen LogP contribution in [0, 0.1) is 0 Å². The second kappa shape index (κ2) is 5.14. The highest BCUT2D eigenvalue weighted by Crippen LogP contribution is 2.44. The van der Waals surface area contributed by atoms with Gasteiger partial charge in [0.25, 0.3) is 0 Å². The lowest BCUT2D eigenvalue weighted by Gasteiger charge is -2.21. The van der Waals surface area contributed by atoms with E-state index in [0.29, 0.717) is 22.4 Å². The molecule has 1 aromatic carbocycles. The van der Waals surface area contributed by atoms with Gasteiger partial charge in [0.2, 0.25) is 0 Å². The van der Waals surface area contributed by atoms with Gasteiger partial charge in [0.15, 0.2) is 11.5 Å². The molecule has 0 saturated carbocycles. The van der Waals surface area contributed by atoms with Crippen molar-refractivity contribution in [2.24, 2.45) is 5.73 Å². The van der Waals surface area contributed by atoms with Crippen LogP contribution in [0.4, 0.5) is 0 Å². The average molecular weight is 304 g/mol. The molecule has 0 unspecified atom stereocenters. The van der Waals surface area contributed by atoms with E-state index in [-0.39, 0.29) is 5.75 Å². The van der Waals surface area contributed by atoms with E-state index in [0.717, 1.165) is 5.56 Å². The van der Waals surface area contributed by atoms with Crippen molar-refractivity contribution in [3.05, 3.63) is 16.1 Å². The molecule has 0 spiro atoms. The molecular weight excluding hydrogens is 286 g/mol. The zero-order chi connectivity index (χ0) is 13.2. The van der Waals surface area contributed by atoms with Crippen LogP contribution in [0.1, 0.15) is 19.4 Å². The predicted octanol–water partition coefficient (Wildman–Crippen LogP) is 2.45. The standard InChI is InChI=1S/C12H18BrNO3/c1-12(2,14)6-7-5-8(16-3)11(17-4)9(13)10(7)15/h5,15H,6,14H2,1-4H3. The third-order valence-electron chi connectivity index (χ3n) is 2.31. The first-order valence-corrected chi connectivity index (χ1v) is 6.00. The lowest BCUT2D eigenvalue weighted by Crippen LogP contribution is -2.34. The molecule has 96 valence electrons. The van der Waals surface area contributed by atoms with E-state index >= 15 is 0 Å². The zero-order valence-corrected chi connectivity index (χ0v) is 12.1. The lowest BCUT2D eigenvalue weighted by atomic mass is 9.95. The molecule has 0 aromatic heterocycles. The Balaban J connectivity index is 3.29. The minimum Gasteiger partial charge on any atom is -0.506 e. The largest absolute Gasteiger partial charge is 0.506 e. The van der Waals surface area contributed by atoms with Crippen molar-refractivity contribution < 1.29 is 14.6 Å². The van der Waals surface area contributed by atoms with Gasteiger partial charge in [-0.25, -0.2) is 0 Å². The Morgan fingerprint density at radius 2 is 1.94 bits per heavy atom. The van der Waals surface area contributed by atoms with E-state index in [1.54, 1.807) is 13.2 Å². The molecule has 1 rings (SSSR count). The van der Waals surface area contributed by atoms with Crippen LogP contribution in [0.5, 0.6) is 17.2 Å². The van der Waals surface area contributed by atoms with Gasteiger partial charge in [-0.1, -0.05) is 0 Å². The van der Waals surface area contributed by atoms with Crippen molar-refractivity contribution in [3.63, 3.8) is 0 Å². The number of hydrogen-bond donors (Lipinski definition) is 2. The molecule has 0 atom stereocenters. The Kier molecular flexibility index (Phi) is 4.27. The number of phenols is 1.